The van der Waals surface area contributed by atoms with Gasteiger partial charge in [-0.05, 0) is 25.1 Å². The molecule has 1 N–H and O–H groups in total. The second kappa shape index (κ2) is 7.38. The number of carbonyl (C=O) groups is 1. The third-order valence-electron chi connectivity index (χ3n) is 3.74. The number of hydrogen-bond donors (Lipinski definition) is 1. The summed E-state index contributed by atoms with van der Waals surface area (Å²) < 4.78 is 0. The van der Waals surface area contributed by atoms with Crippen LogP contribution in [0.2, 0.25) is 0 Å². The number of rotatable bonds is 4. The van der Waals surface area contributed by atoms with Crippen LogP contribution in [-0.4, -0.2) is 79.2 Å². The van der Waals surface area contributed by atoms with Crippen molar-refractivity contribution >= 4 is 11.6 Å². The molecule has 116 valence electrons. The average molecular weight is 292 g/mol. The van der Waals surface area contributed by atoms with Crippen molar-refractivity contribution < 1.29 is 9.90 Å². The van der Waals surface area contributed by atoms with Crippen molar-refractivity contribution in [2.45, 2.75) is 6.42 Å². The second-order valence-corrected chi connectivity index (χ2v) is 5.50. The fourth-order valence-electron chi connectivity index (χ4n) is 2.56. The minimum atomic E-state index is -0.0754. The van der Waals surface area contributed by atoms with E-state index in [0.29, 0.717) is 5.69 Å². The summed E-state index contributed by atoms with van der Waals surface area (Å²) >= 11 is 0. The number of nitrogens with zero attached hydrogens (tertiary/aromatic N) is 4. The van der Waals surface area contributed by atoms with Gasteiger partial charge in [-0.3, -0.25) is 14.7 Å². The summed E-state index contributed by atoms with van der Waals surface area (Å²) in [4.78, 5) is 22.2. The van der Waals surface area contributed by atoms with Gasteiger partial charge in [0.2, 0.25) is 0 Å². The van der Waals surface area contributed by atoms with Gasteiger partial charge in [-0.2, -0.15) is 0 Å². The minimum Gasteiger partial charge on any atom is -0.395 e. The maximum absolute atomic E-state index is 12.0. The minimum absolute atomic E-state index is 0.0754. The molecule has 1 aliphatic heterocycles. The van der Waals surface area contributed by atoms with E-state index >= 15 is 0 Å². The largest absolute Gasteiger partial charge is 0.395 e. The Bertz CT molecular complexity index is 478. The van der Waals surface area contributed by atoms with Crippen LogP contribution in [0.15, 0.2) is 18.3 Å². The summed E-state index contributed by atoms with van der Waals surface area (Å²) in [5, 5.41) is 9.04. The number of β-amino-alcohol motifs (C(OH)–C–C–N with tert-alkyl or cyclic N) is 1. The Hall–Kier alpha value is -1.66. The predicted molar refractivity (Wildman–Crippen MR) is 82.6 cm³/mol. The number of pyridine rings is 1. The van der Waals surface area contributed by atoms with Crippen molar-refractivity contribution in [3.63, 3.8) is 0 Å². The number of amides is 1. The first-order valence-corrected chi connectivity index (χ1v) is 7.37. The van der Waals surface area contributed by atoms with Gasteiger partial charge in [-0.25, -0.2) is 0 Å². The summed E-state index contributed by atoms with van der Waals surface area (Å²) in [5.74, 6) is -0.0754. The van der Waals surface area contributed by atoms with Crippen LogP contribution < -0.4 is 4.90 Å². The molecule has 0 saturated carbocycles. The first-order valence-electron chi connectivity index (χ1n) is 7.37. The van der Waals surface area contributed by atoms with E-state index in [4.69, 9.17) is 5.11 Å². The highest BCUT2D eigenvalue weighted by atomic mass is 16.3. The SMILES string of the molecule is CN(C)C(=O)c1cc(N2CCCN(CCO)CC2)ccn1. The normalized spacial score (nSPS) is 16.6. The fraction of sp³-hybridized carbons (Fsp3) is 0.600. The Morgan fingerprint density at radius 1 is 1.33 bits per heavy atom. The molecule has 6 heteroatoms. The standard InChI is InChI=1S/C15H24N4O2/c1-17(2)15(21)14-12-13(4-5-16-14)19-7-3-6-18(8-9-19)10-11-20/h4-5,12,20H,3,6-11H2,1-2H3. The number of anilines is 1. The molecule has 0 bridgehead atoms. The monoisotopic (exact) mass is 292 g/mol. The second-order valence-electron chi connectivity index (χ2n) is 5.50. The van der Waals surface area contributed by atoms with Gasteiger partial charge in [0.15, 0.2) is 0 Å². The molecule has 1 aliphatic rings. The first kappa shape index (κ1) is 15.7. The summed E-state index contributed by atoms with van der Waals surface area (Å²) in [7, 11) is 3.46. The predicted octanol–water partition coefficient (Wildman–Crippen LogP) is 0.288. The van der Waals surface area contributed by atoms with Crippen molar-refractivity contribution in [2.75, 3.05) is 58.3 Å². The molecule has 0 radical (unpaired) electrons. The molecule has 1 amide bonds. The van der Waals surface area contributed by atoms with E-state index in [2.05, 4.69) is 14.8 Å². The van der Waals surface area contributed by atoms with Crippen molar-refractivity contribution in [1.29, 1.82) is 0 Å². The van der Waals surface area contributed by atoms with E-state index in [-0.39, 0.29) is 12.5 Å². The van der Waals surface area contributed by atoms with Crippen LogP contribution in [0, 0.1) is 0 Å². The lowest BCUT2D eigenvalue weighted by Gasteiger charge is -2.23. The van der Waals surface area contributed by atoms with Gasteiger partial charge in [-0.15, -0.1) is 0 Å². The van der Waals surface area contributed by atoms with Crippen LogP contribution in [-0.2, 0) is 0 Å². The maximum atomic E-state index is 12.0. The zero-order chi connectivity index (χ0) is 15.2. The molecule has 1 saturated heterocycles. The summed E-state index contributed by atoms with van der Waals surface area (Å²) in [6.07, 6.45) is 2.75. The summed E-state index contributed by atoms with van der Waals surface area (Å²) in [6, 6.07) is 3.82. The van der Waals surface area contributed by atoms with E-state index < -0.39 is 0 Å². The number of aromatic nitrogens is 1. The van der Waals surface area contributed by atoms with Crippen LogP contribution in [0.3, 0.4) is 0 Å². The maximum Gasteiger partial charge on any atom is 0.272 e. The molecule has 0 unspecified atom stereocenters. The smallest absolute Gasteiger partial charge is 0.272 e. The average Bonchev–Trinajstić information content (AvgIpc) is 2.72. The van der Waals surface area contributed by atoms with Gasteiger partial charge in [0.25, 0.3) is 5.91 Å². The van der Waals surface area contributed by atoms with Crippen LogP contribution >= 0.6 is 0 Å². The first-order chi connectivity index (χ1) is 10.1. The van der Waals surface area contributed by atoms with Gasteiger partial charge in [0, 0.05) is 52.2 Å². The Labute approximate surface area is 126 Å². The van der Waals surface area contributed by atoms with Gasteiger partial charge >= 0.3 is 0 Å². The van der Waals surface area contributed by atoms with E-state index in [0.717, 1.165) is 44.8 Å². The Morgan fingerprint density at radius 2 is 2.14 bits per heavy atom. The fourth-order valence-corrected chi connectivity index (χ4v) is 2.56. The van der Waals surface area contributed by atoms with Crippen LogP contribution in [0.5, 0.6) is 0 Å². The van der Waals surface area contributed by atoms with Crippen LogP contribution in [0.4, 0.5) is 5.69 Å². The van der Waals surface area contributed by atoms with Crippen molar-refractivity contribution in [3.05, 3.63) is 24.0 Å². The zero-order valence-electron chi connectivity index (χ0n) is 12.8. The molecule has 6 nitrogen and oxygen atoms in total. The highest BCUT2D eigenvalue weighted by Crippen LogP contribution is 2.17. The van der Waals surface area contributed by atoms with Gasteiger partial charge in [0.05, 0.1) is 6.61 Å². The lowest BCUT2D eigenvalue weighted by atomic mass is 10.2. The Balaban J connectivity index is 2.08. The molecule has 0 aromatic carbocycles. The lowest BCUT2D eigenvalue weighted by molar-refractivity contribution is 0.0822. The van der Waals surface area contributed by atoms with Crippen molar-refractivity contribution in [3.8, 4) is 0 Å². The van der Waals surface area contributed by atoms with E-state index in [1.807, 2.05) is 12.1 Å². The van der Waals surface area contributed by atoms with Gasteiger partial charge in [0.1, 0.15) is 5.69 Å². The van der Waals surface area contributed by atoms with E-state index in [9.17, 15) is 4.79 Å². The number of aliphatic hydroxyl groups excluding tert-OH is 1. The summed E-state index contributed by atoms with van der Waals surface area (Å²) in [6.45, 7) is 4.73. The van der Waals surface area contributed by atoms with Crippen molar-refractivity contribution in [1.82, 2.24) is 14.8 Å². The van der Waals surface area contributed by atoms with Gasteiger partial charge in [-0.1, -0.05) is 0 Å². The highest BCUT2D eigenvalue weighted by molar-refractivity contribution is 5.92. The van der Waals surface area contributed by atoms with Crippen LogP contribution in [0.1, 0.15) is 16.9 Å². The molecular formula is C15H24N4O2. The Morgan fingerprint density at radius 3 is 2.86 bits per heavy atom. The molecular weight excluding hydrogens is 268 g/mol. The van der Waals surface area contributed by atoms with E-state index in [1.165, 1.54) is 4.90 Å². The topological polar surface area (TPSA) is 59.9 Å². The Kier molecular flexibility index (Phi) is 5.52. The third-order valence-corrected chi connectivity index (χ3v) is 3.74. The summed E-state index contributed by atoms with van der Waals surface area (Å²) in [5.41, 5.74) is 1.52. The van der Waals surface area contributed by atoms with E-state index in [1.54, 1.807) is 20.3 Å². The molecule has 0 aliphatic carbocycles. The molecule has 21 heavy (non-hydrogen) atoms. The lowest BCUT2D eigenvalue weighted by Crippen LogP contribution is -2.32. The highest BCUT2D eigenvalue weighted by Gasteiger charge is 2.17. The molecule has 0 spiro atoms. The van der Waals surface area contributed by atoms with Crippen molar-refractivity contribution in [2.24, 2.45) is 0 Å². The molecule has 2 rings (SSSR count). The molecule has 1 fully saturated rings. The van der Waals surface area contributed by atoms with Crippen LogP contribution in [0.25, 0.3) is 0 Å². The van der Waals surface area contributed by atoms with Gasteiger partial charge < -0.3 is 14.9 Å². The molecule has 2 heterocycles. The molecule has 0 atom stereocenters. The molecule has 1 aromatic heterocycles. The third kappa shape index (κ3) is 4.15. The number of hydrogen-bond acceptors (Lipinski definition) is 5. The zero-order valence-corrected chi connectivity index (χ0v) is 12.8. The quantitative estimate of drug-likeness (QED) is 0.864. The molecule has 1 aromatic rings. The number of carbonyl (C=O) groups excluding carboxylic acids is 1. The number of aliphatic hydroxyl groups is 1.